The smallest absolute Gasteiger partial charge is 0.137 e. The number of H-pyrrole nitrogens is 2. The van der Waals surface area contributed by atoms with Gasteiger partial charge in [-0.15, -0.1) is 0 Å². The molecular formula is C28H27ClN4. The predicted octanol–water partition coefficient (Wildman–Crippen LogP) is 6.74. The maximum Gasteiger partial charge on any atom is 0.137 e. The van der Waals surface area contributed by atoms with Crippen molar-refractivity contribution in [2.45, 2.75) is 25.3 Å². The molecule has 0 amide bonds. The molecule has 33 heavy (non-hydrogen) atoms. The van der Waals surface area contributed by atoms with Crippen molar-refractivity contribution in [3.05, 3.63) is 101 Å². The third kappa shape index (κ3) is 3.94. The number of nitrogens with one attached hydrogen (secondary N) is 2. The SMILES string of the molecule is Clc1cnc2[nH]ccc2c1C(c1cc2ccccc2[nH]1)C1CCCN(Cc2ccccc2)C1. The molecule has 2 aromatic carbocycles. The van der Waals surface area contributed by atoms with E-state index in [1.165, 1.54) is 40.6 Å². The molecule has 1 aliphatic heterocycles. The van der Waals surface area contributed by atoms with Crippen LogP contribution in [0.25, 0.3) is 21.9 Å². The normalized spacial score (nSPS) is 18.2. The summed E-state index contributed by atoms with van der Waals surface area (Å²) in [6, 6.07) is 23.7. The number of para-hydroxylation sites is 1. The van der Waals surface area contributed by atoms with Crippen molar-refractivity contribution in [2.75, 3.05) is 13.1 Å². The Morgan fingerprint density at radius 1 is 1.06 bits per heavy atom. The van der Waals surface area contributed by atoms with Gasteiger partial charge in [-0.3, -0.25) is 4.90 Å². The van der Waals surface area contributed by atoms with Crippen LogP contribution in [0.1, 0.15) is 35.6 Å². The third-order valence-corrected chi connectivity index (χ3v) is 7.34. The molecule has 2 unspecified atom stereocenters. The van der Waals surface area contributed by atoms with Crippen LogP contribution >= 0.6 is 11.6 Å². The van der Waals surface area contributed by atoms with Gasteiger partial charge in [0.1, 0.15) is 5.65 Å². The van der Waals surface area contributed by atoms with Crippen LogP contribution in [0.15, 0.2) is 79.1 Å². The first-order chi connectivity index (χ1) is 16.3. The molecule has 5 heteroatoms. The number of nitrogens with zero attached hydrogens (tertiary/aromatic N) is 2. The first-order valence-corrected chi connectivity index (χ1v) is 12.1. The Morgan fingerprint density at radius 3 is 2.79 bits per heavy atom. The van der Waals surface area contributed by atoms with Gasteiger partial charge in [0.2, 0.25) is 0 Å². The van der Waals surface area contributed by atoms with Crippen molar-refractivity contribution >= 4 is 33.5 Å². The lowest BCUT2D eigenvalue weighted by molar-refractivity contribution is 0.157. The summed E-state index contributed by atoms with van der Waals surface area (Å²) < 4.78 is 0. The molecule has 1 saturated heterocycles. The average molecular weight is 455 g/mol. The molecule has 0 bridgehead atoms. The van der Waals surface area contributed by atoms with Crippen molar-refractivity contribution < 1.29 is 0 Å². The minimum absolute atomic E-state index is 0.171. The Labute approximate surface area is 198 Å². The van der Waals surface area contributed by atoms with Crippen LogP contribution in [0.5, 0.6) is 0 Å². The van der Waals surface area contributed by atoms with Crippen LogP contribution in [0.3, 0.4) is 0 Å². The highest BCUT2D eigenvalue weighted by Crippen LogP contribution is 2.43. The molecule has 3 aromatic heterocycles. The van der Waals surface area contributed by atoms with Gasteiger partial charge in [-0.25, -0.2) is 4.98 Å². The van der Waals surface area contributed by atoms with Crippen LogP contribution < -0.4 is 0 Å². The second-order valence-corrected chi connectivity index (χ2v) is 9.58. The van der Waals surface area contributed by atoms with E-state index in [1.807, 2.05) is 6.20 Å². The molecule has 2 N–H and O–H groups in total. The summed E-state index contributed by atoms with van der Waals surface area (Å²) in [5, 5.41) is 3.10. The Balaban J connectivity index is 1.43. The lowest BCUT2D eigenvalue weighted by atomic mass is 9.78. The number of hydrogen-bond acceptors (Lipinski definition) is 2. The van der Waals surface area contributed by atoms with E-state index in [2.05, 4.69) is 86.6 Å². The topological polar surface area (TPSA) is 47.7 Å². The fourth-order valence-corrected chi connectivity index (χ4v) is 5.85. The van der Waals surface area contributed by atoms with Crippen molar-refractivity contribution in [3.63, 3.8) is 0 Å². The molecule has 0 aliphatic carbocycles. The zero-order valence-electron chi connectivity index (χ0n) is 18.5. The summed E-state index contributed by atoms with van der Waals surface area (Å²) in [6.45, 7) is 3.16. The average Bonchev–Trinajstić information content (AvgIpc) is 3.49. The number of fused-ring (bicyclic) bond motifs is 2. The Morgan fingerprint density at radius 2 is 1.91 bits per heavy atom. The van der Waals surface area contributed by atoms with Crippen LogP contribution in [0.2, 0.25) is 5.02 Å². The van der Waals surface area contributed by atoms with Crippen LogP contribution in [-0.4, -0.2) is 32.9 Å². The highest BCUT2D eigenvalue weighted by Gasteiger charge is 2.33. The van der Waals surface area contributed by atoms with Crippen molar-refractivity contribution in [2.24, 2.45) is 5.92 Å². The first-order valence-electron chi connectivity index (χ1n) is 11.7. The van der Waals surface area contributed by atoms with Gasteiger partial charge >= 0.3 is 0 Å². The van der Waals surface area contributed by atoms with Gasteiger partial charge in [0.25, 0.3) is 0 Å². The van der Waals surface area contributed by atoms with Crippen LogP contribution in [0, 0.1) is 5.92 Å². The van der Waals surface area contributed by atoms with Crippen molar-refractivity contribution in [1.29, 1.82) is 0 Å². The van der Waals surface area contributed by atoms with E-state index in [0.717, 1.165) is 35.7 Å². The number of aromatic amines is 2. The number of hydrogen-bond donors (Lipinski definition) is 2. The van der Waals surface area contributed by atoms with E-state index in [1.54, 1.807) is 6.20 Å². The molecule has 166 valence electrons. The molecule has 4 heterocycles. The lowest BCUT2D eigenvalue weighted by Crippen LogP contribution is -2.37. The highest BCUT2D eigenvalue weighted by molar-refractivity contribution is 6.32. The summed E-state index contributed by atoms with van der Waals surface area (Å²) in [7, 11) is 0. The number of rotatable bonds is 5. The summed E-state index contributed by atoms with van der Waals surface area (Å²) in [5.74, 6) is 0.623. The molecule has 0 radical (unpaired) electrons. The van der Waals surface area contributed by atoms with Crippen LogP contribution in [0.4, 0.5) is 0 Å². The molecule has 5 aromatic rings. The van der Waals surface area contributed by atoms with Gasteiger partial charge < -0.3 is 9.97 Å². The van der Waals surface area contributed by atoms with Gasteiger partial charge in [0.15, 0.2) is 0 Å². The van der Waals surface area contributed by atoms with Gasteiger partial charge in [0, 0.05) is 48.0 Å². The monoisotopic (exact) mass is 454 g/mol. The quantitative estimate of drug-likeness (QED) is 0.309. The molecule has 2 atom stereocenters. The largest absolute Gasteiger partial charge is 0.358 e. The number of pyridine rings is 1. The van der Waals surface area contributed by atoms with E-state index < -0.39 is 0 Å². The van der Waals surface area contributed by atoms with E-state index in [0.29, 0.717) is 5.92 Å². The Hall–Kier alpha value is -3.08. The van der Waals surface area contributed by atoms with Crippen molar-refractivity contribution in [1.82, 2.24) is 19.9 Å². The fraction of sp³-hybridized carbons (Fsp3) is 0.250. The second kappa shape index (κ2) is 8.69. The Kier molecular flexibility index (Phi) is 5.41. The molecule has 4 nitrogen and oxygen atoms in total. The van der Waals surface area contributed by atoms with Gasteiger partial charge in [-0.1, -0.05) is 60.1 Å². The number of benzene rings is 2. The minimum atomic E-state index is 0.171. The zero-order valence-corrected chi connectivity index (χ0v) is 19.2. The molecule has 0 spiro atoms. The number of piperidine rings is 1. The van der Waals surface area contributed by atoms with E-state index in [-0.39, 0.29) is 5.92 Å². The van der Waals surface area contributed by atoms with Gasteiger partial charge in [-0.2, -0.15) is 0 Å². The first kappa shape index (κ1) is 20.5. The summed E-state index contributed by atoms with van der Waals surface area (Å²) in [5.41, 5.74) is 5.85. The maximum absolute atomic E-state index is 6.88. The fourth-order valence-electron chi connectivity index (χ4n) is 5.58. The number of likely N-dealkylation sites (tertiary alicyclic amines) is 1. The highest BCUT2D eigenvalue weighted by atomic mass is 35.5. The lowest BCUT2D eigenvalue weighted by Gasteiger charge is -2.37. The molecule has 0 saturated carbocycles. The van der Waals surface area contributed by atoms with Crippen LogP contribution in [-0.2, 0) is 6.54 Å². The summed E-state index contributed by atoms with van der Waals surface area (Å²) in [4.78, 5) is 14.1. The van der Waals surface area contributed by atoms with Gasteiger partial charge in [0.05, 0.1) is 5.02 Å². The van der Waals surface area contributed by atoms with Crippen molar-refractivity contribution in [3.8, 4) is 0 Å². The molecular weight excluding hydrogens is 428 g/mol. The standard InChI is InChI=1S/C28H27ClN4/c29-23-16-31-28-22(12-13-30-28)27(23)26(25-15-20-9-4-5-11-24(20)32-25)21-10-6-14-33(18-21)17-19-7-2-1-3-8-19/h1-5,7-9,11-13,15-16,21,26,32H,6,10,14,17-18H2,(H,30,31). The molecule has 6 rings (SSSR count). The number of aromatic nitrogens is 3. The molecule has 1 aliphatic rings. The number of halogens is 1. The predicted molar refractivity (Wildman–Crippen MR) is 136 cm³/mol. The third-order valence-electron chi connectivity index (χ3n) is 7.04. The summed E-state index contributed by atoms with van der Waals surface area (Å²) >= 11 is 6.88. The van der Waals surface area contributed by atoms with E-state index >= 15 is 0 Å². The van der Waals surface area contributed by atoms with E-state index in [9.17, 15) is 0 Å². The van der Waals surface area contributed by atoms with Gasteiger partial charge in [-0.05, 0) is 60.0 Å². The molecule has 1 fully saturated rings. The van der Waals surface area contributed by atoms with E-state index in [4.69, 9.17) is 11.6 Å². The summed E-state index contributed by atoms with van der Waals surface area (Å²) in [6.07, 6.45) is 6.13. The minimum Gasteiger partial charge on any atom is -0.358 e. The zero-order chi connectivity index (χ0) is 22.2. The maximum atomic E-state index is 6.88. The second-order valence-electron chi connectivity index (χ2n) is 9.17. The Bertz CT molecular complexity index is 1350.